The van der Waals surface area contributed by atoms with Crippen molar-refractivity contribution < 1.29 is 14.2 Å². The Morgan fingerprint density at radius 2 is 1.51 bits per heavy atom. The lowest BCUT2D eigenvalue weighted by Crippen LogP contribution is -2.33. The quantitative estimate of drug-likeness (QED) is 0.197. The van der Waals surface area contributed by atoms with Crippen LogP contribution in [0.1, 0.15) is 43.9 Å². The van der Waals surface area contributed by atoms with Crippen LogP contribution in [0.15, 0.2) is 78.9 Å². The summed E-state index contributed by atoms with van der Waals surface area (Å²) in [6.45, 7) is 8.79. The van der Waals surface area contributed by atoms with Gasteiger partial charge in [0.25, 0.3) is 0 Å². The summed E-state index contributed by atoms with van der Waals surface area (Å²) < 4.78 is 19.9. The fourth-order valence-electron chi connectivity index (χ4n) is 5.97. The molecule has 3 heterocycles. The molecule has 6 nitrogen and oxygen atoms in total. The average molecular weight is 552 g/mol. The van der Waals surface area contributed by atoms with Gasteiger partial charge in [0.1, 0.15) is 19.0 Å². The summed E-state index contributed by atoms with van der Waals surface area (Å²) in [5, 5.41) is 0. The monoisotopic (exact) mass is 551 g/mol. The smallest absolute Gasteiger partial charge is 0.161 e. The lowest BCUT2D eigenvalue weighted by molar-refractivity contribution is 0.0498. The largest absolute Gasteiger partial charge is 0.486 e. The molecule has 0 spiro atoms. The molecule has 1 aromatic heterocycles. The fraction of sp³-hybridized carbons (Fsp3) is 0.400. The SMILES string of the molecule is CCCCn1c(-c2ccccc2)nc(-c2ccccc2)c1CN(Cc1ccc2c(c1)OCCO2)CC1CCOCC1. The number of fused-ring (bicyclic) bond motifs is 1. The normalized spacial score (nSPS) is 15.4. The number of aromatic nitrogens is 2. The first-order chi connectivity index (χ1) is 20.3. The maximum Gasteiger partial charge on any atom is 0.161 e. The third-order valence-corrected chi connectivity index (χ3v) is 8.13. The molecule has 0 N–H and O–H groups in total. The van der Waals surface area contributed by atoms with Crippen molar-refractivity contribution in [3.63, 3.8) is 0 Å². The van der Waals surface area contributed by atoms with Gasteiger partial charge in [-0.1, -0.05) is 80.1 Å². The van der Waals surface area contributed by atoms with Gasteiger partial charge in [-0.05, 0) is 42.9 Å². The number of hydrogen-bond acceptors (Lipinski definition) is 5. The van der Waals surface area contributed by atoms with E-state index in [4.69, 9.17) is 19.2 Å². The molecule has 0 atom stereocenters. The summed E-state index contributed by atoms with van der Waals surface area (Å²) in [6, 6.07) is 27.7. The molecular weight excluding hydrogens is 510 g/mol. The van der Waals surface area contributed by atoms with Crippen molar-refractivity contribution in [2.24, 2.45) is 5.92 Å². The first-order valence-corrected chi connectivity index (χ1v) is 15.2. The molecule has 1 saturated heterocycles. The summed E-state index contributed by atoms with van der Waals surface area (Å²) >= 11 is 0. The molecule has 0 saturated carbocycles. The van der Waals surface area contributed by atoms with Crippen LogP contribution < -0.4 is 9.47 Å². The van der Waals surface area contributed by atoms with Crippen molar-refractivity contribution in [2.45, 2.75) is 52.2 Å². The van der Waals surface area contributed by atoms with Gasteiger partial charge in [-0.15, -0.1) is 0 Å². The van der Waals surface area contributed by atoms with Gasteiger partial charge in [-0.3, -0.25) is 4.90 Å². The molecule has 0 amide bonds. The Bertz CT molecular complexity index is 1400. The number of unbranched alkanes of at least 4 members (excludes halogenated alkanes) is 1. The highest BCUT2D eigenvalue weighted by atomic mass is 16.6. The minimum atomic E-state index is 0.599. The Morgan fingerprint density at radius 1 is 0.805 bits per heavy atom. The predicted molar refractivity (Wildman–Crippen MR) is 163 cm³/mol. The van der Waals surface area contributed by atoms with Gasteiger partial charge in [0, 0.05) is 50.5 Å². The number of imidazole rings is 1. The minimum absolute atomic E-state index is 0.599. The topological polar surface area (TPSA) is 48.8 Å². The van der Waals surface area contributed by atoms with Crippen LogP contribution in [0.3, 0.4) is 0 Å². The molecule has 0 radical (unpaired) electrons. The van der Waals surface area contributed by atoms with Gasteiger partial charge >= 0.3 is 0 Å². The van der Waals surface area contributed by atoms with Gasteiger partial charge in [-0.2, -0.15) is 0 Å². The van der Waals surface area contributed by atoms with Crippen molar-refractivity contribution in [3.8, 4) is 34.1 Å². The lowest BCUT2D eigenvalue weighted by atomic mass is 9.99. The van der Waals surface area contributed by atoms with Crippen molar-refractivity contribution in [3.05, 3.63) is 90.1 Å². The fourth-order valence-corrected chi connectivity index (χ4v) is 5.97. The third-order valence-electron chi connectivity index (χ3n) is 8.13. The van der Waals surface area contributed by atoms with E-state index in [1.807, 2.05) is 0 Å². The predicted octanol–water partition coefficient (Wildman–Crippen LogP) is 7.22. The second-order valence-corrected chi connectivity index (χ2v) is 11.2. The zero-order valence-corrected chi connectivity index (χ0v) is 24.1. The van der Waals surface area contributed by atoms with Gasteiger partial charge < -0.3 is 18.8 Å². The van der Waals surface area contributed by atoms with Gasteiger partial charge in [0.2, 0.25) is 0 Å². The maximum atomic E-state index is 5.93. The van der Waals surface area contributed by atoms with Crippen LogP contribution in [0, 0.1) is 5.92 Å². The summed E-state index contributed by atoms with van der Waals surface area (Å²) in [7, 11) is 0. The Morgan fingerprint density at radius 3 is 2.24 bits per heavy atom. The van der Waals surface area contributed by atoms with E-state index < -0.39 is 0 Å². The van der Waals surface area contributed by atoms with Crippen LogP contribution in [0.25, 0.3) is 22.6 Å². The van der Waals surface area contributed by atoms with Gasteiger partial charge in [0.05, 0.1) is 11.4 Å². The number of hydrogen-bond donors (Lipinski definition) is 0. The van der Waals surface area contributed by atoms with Crippen molar-refractivity contribution in [2.75, 3.05) is 33.0 Å². The molecule has 41 heavy (non-hydrogen) atoms. The Kier molecular flexibility index (Phi) is 8.98. The number of ether oxygens (including phenoxy) is 3. The maximum absolute atomic E-state index is 5.93. The summed E-state index contributed by atoms with van der Waals surface area (Å²) in [5.41, 5.74) is 5.94. The van der Waals surface area contributed by atoms with Crippen LogP contribution >= 0.6 is 0 Å². The molecule has 6 rings (SSSR count). The van der Waals surface area contributed by atoms with Crippen molar-refractivity contribution in [1.82, 2.24) is 14.5 Å². The van der Waals surface area contributed by atoms with E-state index >= 15 is 0 Å². The molecule has 2 aliphatic rings. The number of benzene rings is 3. The highest BCUT2D eigenvalue weighted by Crippen LogP contribution is 2.34. The van der Waals surface area contributed by atoms with E-state index in [0.717, 1.165) is 93.7 Å². The molecule has 0 unspecified atom stereocenters. The molecule has 2 aliphatic heterocycles. The number of rotatable bonds is 11. The lowest BCUT2D eigenvalue weighted by Gasteiger charge is -2.31. The Balaban J connectivity index is 1.40. The Hall–Kier alpha value is -3.61. The first-order valence-electron chi connectivity index (χ1n) is 15.2. The molecule has 0 bridgehead atoms. The molecule has 6 heteroatoms. The molecule has 214 valence electrons. The van der Waals surface area contributed by atoms with Crippen LogP contribution in [0.5, 0.6) is 11.5 Å². The molecular formula is C35H41N3O3. The van der Waals surface area contributed by atoms with Crippen LogP contribution in [-0.4, -0.2) is 47.4 Å². The van der Waals surface area contributed by atoms with E-state index in [0.29, 0.717) is 19.1 Å². The zero-order chi connectivity index (χ0) is 27.9. The van der Waals surface area contributed by atoms with Crippen LogP contribution in [-0.2, 0) is 24.4 Å². The van der Waals surface area contributed by atoms with Gasteiger partial charge in [-0.25, -0.2) is 4.98 Å². The standard InChI is InChI=1S/C35H41N3O3/c1-2-3-18-38-31(34(29-10-6-4-7-11-29)36-35(38)30-12-8-5-9-13-30)26-37(24-27-16-19-39-20-17-27)25-28-14-15-32-33(23-28)41-22-21-40-32/h4-15,23,27H,2-3,16-22,24-26H2,1H3. The van der Waals surface area contributed by atoms with E-state index in [1.165, 1.54) is 16.8 Å². The second-order valence-electron chi connectivity index (χ2n) is 11.2. The molecule has 1 fully saturated rings. The summed E-state index contributed by atoms with van der Waals surface area (Å²) in [5.74, 6) is 3.36. The first kappa shape index (κ1) is 27.6. The van der Waals surface area contributed by atoms with E-state index in [1.54, 1.807) is 0 Å². The van der Waals surface area contributed by atoms with E-state index in [9.17, 15) is 0 Å². The van der Waals surface area contributed by atoms with Crippen molar-refractivity contribution in [1.29, 1.82) is 0 Å². The third kappa shape index (κ3) is 6.66. The molecule has 0 aliphatic carbocycles. The van der Waals surface area contributed by atoms with E-state index in [2.05, 4.69) is 95.3 Å². The molecule has 3 aromatic carbocycles. The minimum Gasteiger partial charge on any atom is -0.486 e. The second kappa shape index (κ2) is 13.4. The Labute approximate surface area is 243 Å². The number of nitrogens with zero attached hydrogens (tertiary/aromatic N) is 3. The highest BCUT2D eigenvalue weighted by molar-refractivity contribution is 5.68. The van der Waals surface area contributed by atoms with Crippen molar-refractivity contribution >= 4 is 0 Å². The molecule has 4 aromatic rings. The van der Waals surface area contributed by atoms with Crippen LogP contribution in [0.4, 0.5) is 0 Å². The zero-order valence-electron chi connectivity index (χ0n) is 24.1. The highest BCUT2D eigenvalue weighted by Gasteiger charge is 2.25. The summed E-state index contributed by atoms with van der Waals surface area (Å²) in [6.07, 6.45) is 4.45. The van der Waals surface area contributed by atoms with Crippen LogP contribution in [0.2, 0.25) is 0 Å². The average Bonchev–Trinajstić information content (AvgIpc) is 3.39. The van der Waals surface area contributed by atoms with Gasteiger partial charge in [0.15, 0.2) is 11.5 Å². The van der Waals surface area contributed by atoms with E-state index in [-0.39, 0.29) is 0 Å². The summed E-state index contributed by atoms with van der Waals surface area (Å²) in [4.78, 5) is 7.96.